The van der Waals surface area contributed by atoms with Crippen molar-refractivity contribution < 1.29 is 0 Å². The van der Waals surface area contributed by atoms with Crippen molar-refractivity contribution in [1.29, 1.82) is 0 Å². The van der Waals surface area contributed by atoms with Crippen LogP contribution in [0, 0.1) is 5.92 Å². The van der Waals surface area contributed by atoms with E-state index in [-0.39, 0.29) is 16.6 Å². The molecule has 0 bridgehead atoms. The summed E-state index contributed by atoms with van der Waals surface area (Å²) in [5.41, 5.74) is 0.388. The number of hydrogen-bond acceptors (Lipinski definition) is 4. The molecule has 0 amide bonds. The van der Waals surface area contributed by atoms with Crippen LogP contribution in [0.5, 0.6) is 0 Å². The molecule has 0 aliphatic carbocycles. The lowest BCUT2D eigenvalue weighted by Gasteiger charge is -2.17. The Hall–Kier alpha value is -1.07. The number of rotatable bonds is 8. The largest absolute Gasteiger partial charge is 0.380 e. The van der Waals surface area contributed by atoms with Crippen LogP contribution in [-0.2, 0) is 6.54 Å². The van der Waals surface area contributed by atoms with E-state index >= 15 is 0 Å². The molecule has 0 saturated heterocycles. The van der Waals surface area contributed by atoms with Gasteiger partial charge in [-0.25, -0.2) is 4.68 Å². The first-order chi connectivity index (χ1) is 9.81. The lowest BCUT2D eigenvalue weighted by Crippen LogP contribution is -2.30. The van der Waals surface area contributed by atoms with Crippen LogP contribution in [0.15, 0.2) is 11.0 Å². The molecule has 0 saturated carbocycles. The minimum atomic E-state index is -0.237. The minimum absolute atomic E-state index is 0.222. The van der Waals surface area contributed by atoms with Crippen LogP contribution in [0.1, 0.15) is 33.6 Å². The Morgan fingerprint density at radius 3 is 2.57 bits per heavy atom. The Morgan fingerprint density at radius 2 is 2.00 bits per heavy atom. The third-order valence-corrected chi connectivity index (χ3v) is 3.69. The normalized spacial score (nSPS) is 13.0. The summed E-state index contributed by atoms with van der Waals surface area (Å²) in [4.78, 5) is 14.2. The summed E-state index contributed by atoms with van der Waals surface area (Å²) in [6.07, 6.45) is 3.82. The predicted octanol–water partition coefficient (Wildman–Crippen LogP) is 2.69. The second-order valence-electron chi connectivity index (χ2n) is 6.22. The number of aromatic nitrogens is 2. The van der Waals surface area contributed by atoms with Gasteiger partial charge >= 0.3 is 0 Å². The Bertz CT molecular complexity index is 499. The molecule has 21 heavy (non-hydrogen) atoms. The average Bonchev–Trinajstić information content (AvgIpc) is 2.40. The van der Waals surface area contributed by atoms with E-state index in [0.717, 1.165) is 19.4 Å². The molecule has 0 aliphatic rings. The summed E-state index contributed by atoms with van der Waals surface area (Å²) < 4.78 is 1.41. The highest BCUT2D eigenvalue weighted by molar-refractivity contribution is 6.32. The predicted molar refractivity (Wildman–Crippen MR) is 89.2 cm³/mol. The van der Waals surface area contributed by atoms with Gasteiger partial charge in [0.1, 0.15) is 5.02 Å². The number of likely N-dealkylation sites (N-methyl/N-ethyl adjacent to an activating group) is 1. The molecular formula is C15H27ClN4O. The lowest BCUT2D eigenvalue weighted by atomic mass is 10.0. The fourth-order valence-corrected chi connectivity index (χ4v) is 2.14. The third kappa shape index (κ3) is 6.06. The Labute approximate surface area is 132 Å². The maximum atomic E-state index is 12.2. The molecule has 0 fully saturated rings. The van der Waals surface area contributed by atoms with Gasteiger partial charge in [0, 0.05) is 12.6 Å². The molecule has 6 heteroatoms. The standard InChI is InChI=1S/C15H27ClN4O/c1-11(2)6-7-12(3)18-13-10-17-20(9-8-19(4)5)15(21)14(13)16/h10-12,18H,6-9H2,1-5H3. The van der Waals surface area contributed by atoms with E-state index < -0.39 is 0 Å². The van der Waals surface area contributed by atoms with E-state index in [2.05, 4.69) is 31.2 Å². The second-order valence-corrected chi connectivity index (χ2v) is 6.60. The maximum absolute atomic E-state index is 12.2. The maximum Gasteiger partial charge on any atom is 0.287 e. The van der Waals surface area contributed by atoms with Gasteiger partial charge in [-0.15, -0.1) is 0 Å². The van der Waals surface area contributed by atoms with Gasteiger partial charge in [0.15, 0.2) is 0 Å². The van der Waals surface area contributed by atoms with Gasteiger partial charge in [-0.05, 0) is 39.8 Å². The van der Waals surface area contributed by atoms with Crippen molar-refractivity contribution in [2.45, 2.75) is 46.2 Å². The van der Waals surface area contributed by atoms with Gasteiger partial charge in [0.05, 0.1) is 18.4 Å². The smallest absolute Gasteiger partial charge is 0.287 e. The van der Waals surface area contributed by atoms with Crippen molar-refractivity contribution in [2.24, 2.45) is 5.92 Å². The fraction of sp³-hybridized carbons (Fsp3) is 0.733. The van der Waals surface area contributed by atoms with Crippen LogP contribution in [0.3, 0.4) is 0 Å². The summed E-state index contributed by atoms with van der Waals surface area (Å²) in [6.45, 7) is 7.78. The van der Waals surface area contributed by atoms with E-state index in [4.69, 9.17) is 11.6 Å². The van der Waals surface area contributed by atoms with Gasteiger partial charge in [0.25, 0.3) is 5.56 Å². The minimum Gasteiger partial charge on any atom is -0.380 e. The monoisotopic (exact) mass is 314 g/mol. The topological polar surface area (TPSA) is 50.2 Å². The molecule has 1 rings (SSSR count). The summed E-state index contributed by atoms with van der Waals surface area (Å²) in [5.74, 6) is 0.668. The molecule has 5 nitrogen and oxygen atoms in total. The van der Waals surface area contributed by atoms with E-state index in [1.807, 2.05) is 19.0 Å². The summed E-state index contributed by atoms with van der Waals surface area (Å²) in [6, 6.07) is 0.267. The molecule has 120 valence electrons. The van der Waals surface area contributed by atoms with Crippen LogP contribution in [0.2, 0.25) is 5.02 Å². The Balaban J connectivity index is 2.73. The molecule has 0 aromatic carbocycles. The van der Waals surface area contributed by atoms with Crippen molar-refractivity contribution in [3.8, 4) is 0 Å². The molecule has 0 aliphatic heterocycles. The molecule has 1 aromatic heterocycles. The summed E-state index contributed by atoms with van der Waals surface area (Å²) >= 11 is 6.17. The lowest BCUT2D eigenvalue weighted by molar-refractivity contribution is 0.367. The first-order valence-electron chi connectivity index (χ1n) is 7.48. The summed E-state index contributed by atoms with van der Waals surface area (Å²) in [7, 11) is 3.91. The van der Waals surface area contributed by atoms with Gasteiger partial charge in [-0.1, -0.05) is 25.4 Å². The van der Waals surface area contributed by atoms with Gasteiger partial charge < -0.3 is 10.2 Å². The van der Waals surface area contributed by atoms with Crippen molar-refractivity contribution in [3.63, 3.8) is 0 Å². The van der Waals surface area contributed by atoms with Gasteiger partial charge in [-0.2, -0.15) is 5.10 Å². The second kappa shape index (κ2) is 8.39. The van der Waals surface area contributed by atoms with Crippen molar-refractivity contribution in [1.82, 2.24) is 14.7 Å². The van der Waals surface area contributed by atoms with E-state index in [1.165, 1.54) is 4.68 Å². The van der Waals surface area contributed by atoms with E-state index in [0.29, 0.717) is 18.2 Å². The third-order valence-electron chi connectivity index (χ3n) is 3.32. The first-order valence-corrected chi connectivity index (χ1v) is 7.86. The fourth-order valence-electron chi connectivity index (χ4n) is 1.94. The SMILES string of the molecule is CC(C)CCC(C)Nc1cnn(CCN(C)C)c(=O)c1Cl. The Morgan fingerprint density at radius 1 is 1.33 bits per heavy atom. The molecule has 1 aromatic rings. The van der Waals surface area contributed by atoms with Crippen molar-refractivity contribution in [3.05, 3.63) is 21.6 Å². The number of nitrogens with zero attached hydrogens (tertiary/aromatic N) is 3. The number of anilines is 1. The highest BCUT2D eigenvalue weighted by Crippen LogP contribution is 2.18. The molecule has 1 unspecified atom stereocenters. The number of hydrogen-bond donors (Lipinski definition) is 1. The zero-order valence-electron chi connectivity index (χ0n) is 13.7. The highest BCUT2D eigenvalue weighted by atomic mass is 35.5. The molecule has 0 spiro atoms. The molecular weight excluding hydrogens is 288 g/mol. The molecule has 1 N–H and O–H groups in total. The van der Waals surface area contributed by atoms with Gasteiger partial charge in [-0.3, -0.25) is 4.79 Å². The first kappa shape index (κ1) is 18.0. The van der Waals surface area contributed by atoms with Crippen LogP contribution >= 0.6 is 11.6 Å². The van der Waals surface area contributed by atoms with Crippen molar-refractivity contribution >= 4 is 17.3 Å². The molecule has 1 atom stereocenters. The average molecular weight is 315 g/mol. The van der Waals surface area contributed by atoms with Gasteiger partial charge in [0.2, 0.25) is 0 Å². The van der Waals surface area contributed by atoms with Crippen LogP contribution in [0.25, 0.3) is 0 Å². The van der Waals surface area contributed by atoms with Crippen LogP contribution in [0.4, 0.5) is 5.69 Å². The summed E-state index contributed by atoms with van der Waals surface area (Å²) in [5, 5.41) is 7.69. The van der Waals surface area contributed by atoms with Crippen LogP contribution < -0.4 is 10.9 Å². The number of halogens is 1. The van der Waals surface area contributed by atoms with Crippen molar-refractivity contribution in [2.75, 3.05) is 26.0 Å². The quantitative estimate of drug-likeness (QED) is 0.801. The molecule has 0 radical (unpaired) electrons. The van der Waals surface area contributed by atoms with E-state index in [9.17, 15) is 4.79 Å². The zero-order valence-corrected chi connectivity index (χ0v) is 14.4. The highest BCUT2D eigenvalue weighted by Gasteiger charge is 2.12. The molecule has 1 heterocycles. The van der Waals surface area contributed by atoms with Crippen LogP contribution in [-0.4, -0.2) is 41.4 Å². The van der Waals surface area contributed by atoms with E-state index in [1.54, 1.807) is 6.20 Å². The Kier molecular flexibility index (Phi) is 7.18. The zero-order chi connectivity index (χ0) is 16.0. The number of nitrogens with one attached hydrogen (secondary N) is 1.